The van der Waals surface area contributed by atoms with Crippen LogP contribution in [0.15, 0.2) is 30.3 Å². The zero-order chi connectivity index (χ0) is 17.3. The van der Waals surface area contributed by atoms with Crippen molar-refractivity contribution in [2.45, 2.75) is 32.9 Å². The van der Waals surface area contributed by atoms with Gasteiger partial charge in [-0.05, 0) is 26.3 Å². The number of ether oxygens (including phenoxy) is 2. The Bertz CT molecular complexity index is 497. The van der Waals surface area contributed by atoms with Crippen molar-refractivity contribution < 1.29 is 19.1 Å². The number of hydrogen-bond donors (Lipinski definition) is 1. The van der Waals surface area contributed by atoms with Crippen LogP contribution in [0.1, 0.15) is 26.3 Å². The SMILES string of the molecule is COCCN(Cc1ccccc1)C(=O)CNC(=O)OC(C)(C)C. The lowest BCUT2D eigenvalue weighted by Crippen LogP contribution is -2.42. The van der Waals surface area contributed by atoms with Gasteiger partial charge in [-0.3, -0.25) is 4.79 Å². The van der Waals surface area contributed by atoms with Gasteiger partial charge in [-0.15, -0.1) is 0 Å². The first kappa shape index (κ1) is 19.0. The molecule has 6 heteroatoms. The minimum absolute atomic E-state index is 0.106. The summed E-state index contributed by atoms with van der Waals surface area (Å²) in [6.45, 7) is 6.58. The van der Waals surface area contributed by atoms with Crippen molar-refractivity contribution in [3.63, 3.8) is 0 Å². The number of amides is 2. The van der Waals surface area contributed by atoms with Gasteiger partial charge in [0, 0.05) is 20.2 Å². The molecule has 0 radical (unpaired) electrons. The van der Waals surface area contributed by atoms with E-state index < -0.39 is 11.7 Å². The normalized spacial score (nSPS) is 11.0. The fourth-order valence-corrected chi connectivity index (χ4v) is 1.87. The third-order valence-electron chi connectivity index (χ3n) is 2.92. The first-order valence-electron chi connectivity index (χ1n) is 7.59. The second-order valence-electron chi connectivity index (χ2n) is 6.15. The van der Waals surface area contributed by atoms with E-state index in [9.17, 15) is 9.59 Å². The fraction of sp³-hybridized carbons (Fsp3) is 0.529. The lowest BCUT2D eigenvalue weighted by molar-refractivity contribution is -0.131. The Kier molecular flexibility index (Phi) is 7.54. The number of benzene rings is 1. The summed E-state index contributed by atoms with van der Waals surface area (Å²) < 4.78 is 10.2. The van der Waals surface area contributed by atoms with Crippen molar-refractivity contribution >= 4 is 12.0 Å². The van der Waals surface area contributed by atoms with Crippen molar-refractivity contribution in [2.75, 3.05) is 26.8 Å². The molecule has 0 bridgehead atoms. The molecule has 0 spiro atoms. The number of nitrogens with zero attached hydrogens (tertiary/aromatic N) is 1. The van der Waals surface area contributed by atoms with E-state index in [0.717, 1.165) is 5.56 Å². The molecule has 0 fully saturated rings. The molecule has 23 heavy (non-hydrogen) atoms. The molecule has 0 saturated heterocycles. The standard InChI is InChI=1S/C17H26N2O4/c1-17(2,3)23-16(21)18-12-15(20)19(10-11-22-4)13-14-8-6-5-7-9-14/h5-9H,10-13H2,1-4H3,(H,18,21). The van der Waals surface area contributed by atoms with Gasteiger partial charge in [-0.25, -0.2) is 4.79 Å². The van der Waals surface area contributed by atoms with Crippen LogP contribution in [0.25, 0.3) is 0 Å². The van der Waals surface area contributed by atoms with Crippen molar-refractivity contribution in [3.05, 3.63) is 35.9 Å². The lowest BCUT2D eigenvalue weighted by Gasteiger charge is -2.24. The van der Waals surface area contributed by atoms with Crippen molar-refractivity contribution in [1.29, 1.82) is 0 Å². The predicted molar refractivity (Wildman–Crippen MR) is 88.0 cm³/mol. The van der Waals surface area contributed by atoms with E-state index in [1.54, 1.807) is 32.8 Å². The average molecular weight is 322 g/mol. The molecule has 1 aromatic carbocycles. The van der Waals surface area contributed by atoms with Crippen LogP contribution in [0.5, 0.6) is 0 Å². The Labute approximate surface area is 137 Å². The summed E-state index contributed by atoms with van der Waals surface area (Å²) in [5, 5.41) is 2.49. The van der Waals surface area contributed by atoms with Crippen LogP contribution in [0.3, 0.4) is 0 Å². The van der Waals surface area contributed by atoms with Gasteiger partial charge < -0.3 is 19.7 Å². The summed E-state index contributed by atoms with van der Waals surface area (Å²) in [4.78, 5) is 25.6. The van der Waals surface area contributed by atoms with Gasteiger partial charge in [0.25, 0.3) is 0 Å². The molecule has 0 aromatic heterocycles. The topological polar surface area (TPSA) is 67.9 Å². The van der Waals surface area contributed by atoms with Crippen molar-refractivity contribution in [2.24, 2.45) is 0 Å². The van der Waals surface area contributed by atoms with Gasteiger partial charge >= 0.3 is 6.09 Å². The Morgan fingerprint density at radius 3 is 2.39 bits per heavy atom. The summed E-state index contributed by atoms with van der Waals surface area (Å²) in [7, 11) is 1.59. The quantitative estimate of drug-likeness (QED) is 0.835. The molecule has 1 aromatic rings. The highest BCUT2D eigenvalue weighted by molar-refractivity contribution is 5.82. The number of rotatable bonds is 7. The van der Waals surface area contributed by atoms with E-state index in [1.807, 2.05) is 30.3 Å². The molecule has 0 saturated carbocycles. The Balaban J connectivity index is 2.56. The van der Waals surface area contributed by atoms with E-state index in [-0.39, 0.29) is 12.5 Å². The number of carbonyl (C=O) groups is 2. The summed E-state index contributed by atoms with van der Waals surface area (Å²) in [6, 6.07) is 9.68. The van der Waals surface area contributed by atoms with Crippen LogP contribution in [-0.2, 0) is 20.8 Å². The molecule has 0 atom stereocenters. The summed E-state index contributed by atoms with van der Waals surface area (Å²) in [5.41, 5.74) is 0.432. The molecule has 0 aliphatic heterocycles. The summed E-state index contributed by atoms with van der Waals surface area (Å²) >= 11 is 0. The van der Waals surface area contributed by atoms with Gasteiger partial charge in [0.2, 0.25) is 5.91 Å². The third-order valence-corrected chi connectivity index (χ3v) is 2.92. The number of carbonyl (C=O) groups excluding carboxylic acids is 2. The number of methoxy groups -OCH3 is 1. The van der Waals surface area contributed by atoms with Crippen LogP contribution in [-0.4, -0.2) is 49.3 Å². The smallest absolute Gasteiger partial charge is 0.408 e. The van der Waals surface area contributed by atoms with Gasteiger partial charge in [-0.1, -0.05) is 30.3 Å². The molecule has 0 unspecified atom stereocenters. The van der Waals surface area contributed by atoms with E-state index in [1.165, 1.54) is 0 Å². The second kappa shape index (κ2) is 9.15. The van der Waals surface area contributed by atoms with Crippen LogP contribution in [0.2, 0.25) is 0 Å². The molecule has 0 heterocycles. The predicted octanol–water partition coefficient (Wildman–Crippen LogP) is 2.19. The van der Waals surface area contributed by atoms with E-state index in [4.69, 9.17) is 9.47 Å². The highest BCUT2D eigenvalue weighted by Crippen LogP contribution is 2.07. The van der Waals surface area contributed by atoms with Crippen LogP contribution in [0, 0.1) is 0 Å². The Morgan fingerprint density at radius 1 is 1.17 bits per heavy atom. The zero-order valence-electron chi connectivity index (χ0n) is 14.3. The second-order valence-corrected chi connectivity index (χ2v) is 6.15. The Morgan fingerprint density at radius 2 is 1.83 bits per heavy atom. The van der Waals surface area contributed by atoms with Crippen LogP contribution >= 0.6 is 0 Å². The third kappa shape index (κ3) is 8.21. The lowest BCUT2D eigenvalue weighted by atomic mass is 10.2. The monoisotopic (exact) mass is 322 g/mol. The van der Waals surface area contributed by atoms with Gasteiger partial charge in [-0.2, -0.15) is 0 Å². The highest BCUT2D eigenvalue weighted by atomic mass is 16.6. The molecule has 128 valence electrons. The molecule has 1 rings (SSSR count). The zero-order valence-corrected chi connectivity index (χ0v) is 14.3. The first-order chi connectivity index (χ1) is 10.8. The number of nitrogens with one attached hydrogen (secondary N) is 1. The number of hydrogen-bond acceptors (Lipinski definition) is 4. The highest BCUT2D eigenvalue weighted by Gasteiger charge is 2.19. The molecule has 6 nitrogen and oxygen atoms in total. The van der Waals surface area contributed by atoms with Gasteiger partial charge in [0.15, 0.2) is 0 Å². The van der Waals surface area contributed by atoms with E-state index in [2.05, 4.69) is 5.32 Å². The maximum absolute atomic E-state index is 12.3. The van der Waals surface area contributed by atoms with Crippen LogP contribution < -0.4 is 5.32 Å². The van der Waals surface area contributed by atoms with E-state index in [0.29, 0.717) is 19.7 Å². The molecular weight excluding hydrogens is 296 g/mol. The first-order valence-corrected chi connectivity index (χ1v) is 7.59. The summed E-state index contributed by atoms with van der Waals surface area (Å²) in [6.07, 6.45) is -0.600. The molecular formula is C17H26N2O4. The van der Waals surface area contributed by atoms with Crippen molar-refractivity contribution in [3.8, 4) is 0 Å². The molecule has 1 N–H and O–H groups in total. The van der Waals surface area contributed by atoms with Gasteiger partial charge in [0.05, 0.1) is 6.61 Å². The van der Waals surface area contributed by atoms with E-state index >= 15 is 0 Å². The number of alkyl carbamates (subject to hydrolysis) is 1. The van der Waals surface area contributed by atoms with Crippen molar-refractivity contribution in [1.82, 2.24) is 10.2 Å². The molecule has 0 aliphatic carbocycles. The molecule has 2 amide bonds. The molecule has 0 aliphatic rings. The average Bonchev–Trinajstić information content (AvgIpc) is 2.48. The largest absolute Gasteiger partial charge is 0.444 e. The maximum atomic E-state index is 12.3. The van der Waals surface area contributed by atoms with Gasteiger partial charge in [0.1, 0.15) is 12.1 Å². The minimum atomic E-state index is -0.600. The summed E-state index contributed by atoms with van der Waals surface area (Å²) in [5.74, 6) is -0.184. The minimum Gasteiger partial charge on any atom is -0.444 e. The van der Waals surface area contributed by atoms with Crippen LogP contribution in [0.4, 0.5) is 4.79 Å². The maximum Gasteiger partial charge on any atom is 0.408 e. The fourth-order valence-electron chi connectivity index (χ4n) is 1.87. The Hall–Kier alpha value is -2.08.